The predicted molar refractivity (Wildman–Crippen MR) is 194 cm³/mol. The summed E-state index contributed by atoms with van der Waals surface area (Å²) < 4.78 is 0. The predicted octanol–water partition coefficient (Wildman–Crippen LogP) is 12.2. The zero-order valence-corrected chi connectivity index (χ0v) is 25.9. The summed E-state index contributed by atoms with van der Waals surface area (Å²) in [6.07, 6.45) is 0. The van der Waals surface area contributed by atoms with E-state index < -0.39 is 5.41 Å². The molecule has 1 unspecified atom stereocenters. The van der Waals surface area contributed by atoms with E-state index in [9.17, 15) is 0 Å². The summed E-state index contributed by atoms with van der Waals surface area (Å²) in [5.74, 6) is 0. The van der Waals surface area contributed by atoms with E-state index in [0.29, 0.717) is 0 Å². The smallest absolute Gasteiger partial charge is 0.0719 e. The van der Waals surface area contributed by atoms with E-state index in [1.807, 2.05) is 11.8 Å². The van der Waals surface area contributed by atoms with E-state index in [1.165, 1.54) is 87.0 Å². The molecule has 1 atom stereocenters. The first-order chi connectivity index (χ1) is 22.8. The average molecular weight is 601 g/mol. The molecule has 0 amide bonds. The second kappa shape index (κ2) is 9.81. The van der Waals surface area contributed by atoms with Gasteiger partial charge in [0.25, 0.3) is 0 Å². The van der Waals surface area contributed by atoms with Crippen molar-refractivity contribution in [2.75, 3.05) is 0 Å². The van der Waals surface area contributed by atoms with Gasteiger partial charge < -0.3 is 0 Å². The number of benzene rings is 8. The molecule has 0 N–H and O–H groups in total. The molecule has 0 fully saturated rings. The Balaban J connectivity index is 1.35. The Kier molecular flexibility index (Phi) is 5.53. The quantitative estimate of drug-likeness (QED) is 0.194. The summed E-state index contributed by atoms with van der Waals surface area (Å²) in [7, 11) is 0. The lowest BCUT2D eigenvalue weighted by Gasteiger charge is -2.36. The van der Waals surface area contributed by atoms with Crippen LogP contribution in [-0.4, -0.2) is 0 Å². The Morgan fingerprint density at radius 1 is 0.348 bits per heavy atom. The number of hydrogen-bond acceptors (Lipinski definition) is 1. The van der Waals surface area contributed by atoms with Crippen molar-refractivity contribution < 1.29 is 0 Å². The average Bonchev–Trinajstić information content (AvgIpc) is 3.43. The Bertz CT molecular complexity index is 2500. The maximum Gasteiger partial charge on any atom is 0.0719 e. The molecule has 1 heterocycles. The molecule has 0 bridgehead atoms. The molecule has 10 rings (SSSR count). The lowest BCUT2D eigenvalue weighted by molar-refractivity contribution is 0.771. The molecule has 0 saturated carbocycles. The third-order valence-corrected chi connectivity index (χ3v) is 11.3. The lowest BCUT2D eigenvalue weighted by atomic mass is 9.65. The molecule has 0 aromatic heterocycles. The first kappa shape index (κ1) is 25.9. The zero-order valence-electron chi connectivity index (χ0n) is 25.1. The van der Waals surface area contributed by atoms with E-state index in [-0.39, 0.29) is 0 Å². The van der Waals surface area contributed by atoms with Crippen LogP contribution in [0.4, 0.5) is 0 Å². The summed E-state index contributed by atoms with van der Waals surface area (Å²) >= 11 is 1.90. The molecule has 8 aromatic rings. The first-order valence-corrected chi connectivity index (χ1v) is 16.8. The number of fused-ring (bicyclic) bond motifs is 7. The van der Waals surface area contributed by atoms with Gasteiger partial charge in [0.1, 0.15) is 0 Å². The first-order valence-electron chi connectivity index (χ1n) is 15.9. The molecular weight excluding hydrogens is 573 g/mol. The summed E-state index contributed by atoms with van der Waals surface area (Å²) in [4.78, 5) is 2.64. The molecule has 214 valence electrons. The van der Waals surface area contributed by atoms with Crippen LogP contribution < -0.4 is 0 Å². The van der Waals surface area contributed by atoms with Crippen molar-refractivity contribution in [2.24, 2.45) is 0 Å². The Morgan fingerprint density at radius 2 is 0.957 bits per heavy atom. The van der Waals surface area contributed by atoms with Gasteiger partial charge in [0.2, 0.25) is 0 Å². The van der Waals surface area contributed by atoms with E-state index in [2.05, 4.69) is 170 Å². The van der Waals surface area contributed by atoms with Crippen molar-refractivity contribution in [3.63, 3.8) is 0 Å². The standard InChI is InChI=1S/C45H28S/c1-2-16-31(17-3-1)45(38-24-9-7-20-35(38)43-32-18-5-4-13-29(32)27-28-39(43)45)37-23-8-6-19-33(37)34-21-12-26-41-44(34)36-22-10-14-30-15-11-25-40(46-41)42(30)36/h1-28H. The van der Waals surface area contributed by atoms with Gasteiger partial charge in [-0.25, -0.2) is 0 Å². The molecule has 1 aliphatic heterocycles. The van der Waals surface area contributed by atoms with E-state index >= 15 is 0 Å². The zero-order chi connectivity index (χ0) is 30.2. The topological polar surface area (TPSA) is 0 Å². The van der Waals surface area contributed by atoms with E-state index in [4.69, 9.17) is 0 Å². The summed E-state index contributed by atoms with van der Waals surface area (Å²) in [5, 5.41) is 5.23. The van der Waals surface area contributed by atoms with Crippen LogP contribution in [0.5, 0.6) is 0 Å². The van der Waals surface area contributed by atoms with Crippen LogP contribution in [-0.2, 0) is 5.41 Å². The number of hydrogen-bond donors (Lipinski definition) is 0. The molecule has 46 heavy (non-hydrogen) atoms. The van der Waals surface area contributed by atoms with Crippen molar-refractivity contribution in [1.82, 2.24) is 0 Å². The molecule has 0 saturated heterocycles. The van der Waals surface area contributed by atoms with Gasteiger partial charge in [-0.1, -0.05) is 169 Å². The second-order valence-corrected chi connectivity index (χ2v) is 13.4. The largest absolute Gasteiger partial charge is 0.0888 e. The van der Waals surface area contributed by atoms with Crippen LogP contribution in [0.2, 0.25) is 0 Å². The maximum absolute atomic E-state index is 2.40. The minimum atomic E-state index is -0.498. The van der Waals surface area contributed by atoms with Gasteiger partial charge in [0.05, 0.1) is 5.41 Å². The van der Waals surface area contributed by atoms with Crippen LogP contribution in [0, 0.1) is 0 Å². The highest BCUT2D eigenvalue weighted by Crippen LogP contribution is 2.60. The van der Waals surface area contributed by atoms with Crippen LogP contribution in [0.1, 0.15) is 22.3 Å². The van der Waals surface area contributed by atoms with Gasteiger partial charge in [-0.2, -0.15) is 0 Å². The van der Waals surface area contributed by atoms with Crippen molar-refractivity contribution in [3.05, 3.63) is 192 Å². The maximum atomic E-state index is 2.40. The second-order valence-electron chi connectivity index (χ2n) is 12.4. The Hall–Kier alpha value is -5.37. The van der Waals surface area contributed by atoms with Crippen molar-refractivity contribution >= 4 is 33.3 Å². The third-order valence-electron chi connectivity index (χ3n) is 10.1. The monoisotopic (exact) mass is 600 g/mol. The van der Waals surface area contributed by atoms with Crippen molar-refractivity contribution in [3.8, 4) is 33.4 Å². The fourth-order valence-corrected chi connectivity index (χ4v) is 9.56. The highest BCUT2D eigenvalue weighted by molar-refractivity contribution is 7.99. The summed E-state index contributed by atoms with van der Waals surface area (Å²) in [5.41, 5.74) is 12.7. The van der Waals surface area contributed by atoms with Crippen LogP contribution in [0.3, 0.4) is 0 Å². The van der Waals surface area contributed by atoms with Gasteiger partial charge in [0, 0.05) is 20.7 Å². The molecule has 0 spiro atoms. The van der Waals surface area contributed by atoms with Gasteiger partial charge in [-0.05, 0) is 78.4 Å². The fourth-order valence-electron chi connectivity index (χ4n) is 8.37. The van der Waals surface area contributed by atoms with Gasteiger partial charge >= 0.3 is 0 Å². The Labute approximate surface area is 273 Å². The van der Waals surface area contributed by atoms with Gasteiger partial charge in [0.15, 0.2) is 0 Å². The van der Waals surface area contributed by atoms with E-state index in [0.717, 1.165) is 0 Å². The van der Waals surface area contributed by atoms with Gasteiger partial charge in [-0.15, -0.1) is 0 Å². The number of rotatable bonds is 3. The summed E-state index contributed by atoms with van der Waals surface area (Å²) in [6, 6.07) is 63.3. The van der Waals surface area contributed by atoms with Crippen molar-refractivity contribution in [1.29, 1.82) is 0 Å². The van der Waals surface area contributed by atoms with Crippen LogP contribution >= 0.6 is 11.8 Å². The third kappa shape index (κ3) is 3.41. The lowest BCUT2D eigenvalue weighted by Crippen LogP contribution is -2.29. The highest BCUT2D eigenvalue weighted by Gasteiger charge is 2.47. The van der Waals surface area contributed by atoms with E-state index in [1.54, 1.807) is 0 Å². The SMILES string of the molecule is c1ccc(C2(c3ccccc3-c3cccc4c3-c3cccc5cccc(c35)S4)c3ccccc3-c3c2ccc2ccccc32)cc1. The minimum Gasteiger partial charge on any atom is -0.0888 e. The molecule has 2 aliphatic rings. The molecule has 1 aliphatic carbocycles. The normalized spacial score (nSPS) is 15.8. The highest BCUT2D eigenvalue weighted by atomic mass is 32.2. The molecule has 8 aromatic carbocycles. The molecule has 0 radical (unpaired) electrons. The fraction of sp³-hybridized carbons (Fsp3) is 0.0222. The summed E-state index contributed by atoms with van der Waals surface area (Å²) in [6.45, 7) is 0. The Morgan fingerprint density at radius 3 is 1.83 bits per heavy atom. The molecular formula is C45H28S. The van der Waals surface area contributed by atoms with Gasteiger partial charge in [-0.3, -0.25) is 0 Å². The molecule has 1 heteroatoms. The minimum absolute atomic E-state index is 0.498. The van der Waals surface area contributed by atoms with Crippen LogP contribution in [0.15, 0.2) is 180 Å². The van der Waals surface area contributed by atoms with Crippen LogP contribution in [0.25, 0.3) is 54.9 Å². The van der Waals surface area contributed by atoms with Crippen molar-refractivity contribution in [2.45, 2.75) is 15.2 Å². The molecule has 0 nitrogen and oxygen atoms in total.